The van der Waals surface area contributed by atoms with Crippen LogP contribution in [-0.4, -0.2) is 17.6 Å². The van der Waals surface area contributed by atoms with Gasteiger partial charge in [0.25, 0.3) is 11.5 Å². The number of rotatable bonds is 8. The molecule has 0 saturated carbocycles. The monoisotopic (exact) mass is 703 g/mol. The van der Waals surface area contributed by atoms with Gasteiger partial charge >= 0.3 is 0 Å². The van der Waals surface area contributed by atoms with Crippen molar-refractivity contribution in [1.29, 1.82) is 0 Å². The Hall–Kier alpha value is -4.34. The average Bonchev–Trinajstić information content (AvgIpc) is 3.35. The Bertz CT molecular complexity index is 2210. The van der Waals surface area contributed by atoms with Crippen molar-refractivity contribution >= 4 is 63.8 Å². The van der Waals surface area contributed by atoms with Crippen molar-refractivity contribution in [2.45, 2.75) is 26.5 Å². The zero-order chi connectivity index (χ0) is 33.2. The van der Waals surface area contributed by atoms with Crippen molar-refractivity contribution in [1.82, 2.24) is 4.57 Å². The topological polar surface area (TPSA) is 81.9 Å². The van der Waals surface area contributed by atoms with Crippen LogP contribution in [0.5, 0.6) is 11.5 Å². The van der Waals surface area contributed by atoms with E-state index < -0.39 is 6.04 Å². The molecule has 7 nitrogen and oxygen atoms in total. The van der Waals surface area contributed by atoms with E-state index in [1.54, 1.807) is 42.9 Å². The fourth-order valence-corrected chi connectivity index (χ4v) is 7.41. The largest absolute Gasteiger partial charge is 0.496 e. The number of nitrogens with one attached hydrogen (secondary N) is 1. The smallest absolute Gasteiger partial charge is 0.271 e. The van der Waals surface area contributed by atoms with Crippen LogP contribution in [0, 0.1) is 6.92 Å². The standard InChI is InChI=1S/C36H28Cl3N3O4S/c1-20-9-7-8-12-28(20)41-34(43)31-21(2)40-36-42(32(31)23-10-5-4-6-11-23)35(44)30(47-36)16-22-13-14-29(45-3)24(15-22)19-46-33-26(38)17-25(37)18-27(33)39/h4-18,32H,19H2,1-3H3,(H,41,43)/t32-/m1/s1. The summed E-state index contributed by atoms with van der Waals surface area (Å²) in [7, 11) is 1.57. The number of thiazole rings is 1. The molecule has 2 heterocycles. The lowest BCUT2D eigenvalue weighted by Crippen LogP contribution is -2.40. The van der Waals surface area contributed by atoms with Crippen LogP contribution in [0.2, 0.25) is 15.1 Å². The van der Waals surface area contributed by atoms with Gasteiger partial charge in [-0.05, 0) is 66.9 Å². The minimum atomic E-state index is -0.674. The predicted molar refractivity (Wildman–Crippen MR) is 189 cm³/mol. The molecule has 238 valence electrons. The van der Waals surface area contributed by atoms with Crippen LogP contribution >= 0.6 is 46.1 Å². The van der Waals surface area contributed by atoms with Gasteiger partial charge in [0.1, 0.15) is 12.4 Å². The Morgan fingerprint density at radius 2 is 1.68 bits per heavy atom. The van der Waals surface area contributed by atoms with Crippen LogP contribution in [0.4, 0.5) is 5.69 Å². The zero-order valence-electron chi connectivity index (χ0n) is 25.5. The van der Waals surface area contributed by atoms with Crippen molar-refractivity contribution in [2.75, 3.05) is 12.4 Å². The minimum Gasteiger partial charge on any atom is -0.496 e. The number of nitrogens with zero attached hydrogens (tertiary/aromatic N) is 2. The summed E-state index contributed by atoms with van der Waals surface area (Å²) in [6, 6.07) is 25.0. The first-order valence-electron chi connectivity index (χ1n) is 14.5. The molecule has 1 atom stereocenters. The van der Waals surface area contributed by atoms with Crippen LogP contribution < -0.4 is 29.7 Å². The van der Waals surface area contributed by atoms with Crippen LogP contribution in [-0.2, 0) is 11.4 Å². The van der Waals surface area contributed by atoms with Gasteiger partial charge in [-0.3, -0.25) is 14.2 Å². The number of aryl methyl sites for hydroxylation is 1. The lowest BCUT2D eigenvalue weighted by atomic mass is 9.95. The average molecular weight is 705 g/mol. The van der Waals surface area contributed by atoms with E-state index in [1.807, 2.05) is 73.7 Å². The second-order valence-corrected chi connectivity index (χ2v) is 13.1. The van der Waals surface area contributed by atoms with E-state index in [2.05, 4.69) is 5.32 Å². The highest BCUT2D eigenvalue weighted by Crippen LogP contribution is 2.37. The predicted octanol–water partition coefficient (Wildman–Crippen LogP) is 7.73. The number of para-hydroxylation sites is 1. The van der Waals surface area contributed by atoms with E-state index in [4.69, 9.17) is 49.3 Å². The van der Waals surface area contributed by atoms with Crippen LogP contribution in [0.15, 0.2) is 106 Å². The van der Waals surface area contributed by atoms with E-state index in [-0.39, 0.29) is 28.1 Å². The Morgan fingerprint density at radius 3 is 2.38 bits per heavy atom. The van der Waals surface area contributed by atoms with E-state index >= 15 is 0 Å². The normalized spacial score (nSPS) is 14.4. The summed E-state index contributed by atoms with van der Waals surface area (Å²) in [4.78, 5) is 33.3. The second-order valence-electron chi connectivity index (χ2n) is 10.8. The number of methoxy groups -OCH3 is 1. The summed E-state index contributed by atoms with van der Waals surface area (Å²) >= 11 is 19.9. The van der Waals surface area contributed by atoms with Crippen LogP contribution in [0.3, 0.4) is 0 Å². The van der Waals surface area contributed by atoms with E-state index in [0.29, 0.717) is 48.4 Å². The van der Waals surface area contributed by atoms with Crippen molar-refractivity contribution in [2.24, 2.45) is 4.99 Å². The Kier molecular flexibility index (Phi) is 9.57. The number of aromatic nitrogens is 1. The van der Waals surface area contributed by atoms with Crippen LogP contribution in [0.1, 0.15) is 35.2 Å². The number of benzene rings is 4. The molecule has 0 radical (unpaired) electrons. The highest BCUT2D eigenvalue weighted by molar-refractivity contribution is 7.07. The molecule has 1 aliphatic heterocycles. The quantitative estimate of drug-likeness (QED) is 0.179. The van der Waals surface area contributed by atoms with E-state index in [9.17, 15) is 9.59 Å². The number of amides is 1. The number of carbonyl (C=O) groups is 1. The maximum Gasteiger partial charge on any atom is 0.271 e. The molecular weight excluding hydrogens is 677 g/mol. The number of anilines is 1. The number of allylic oxidation sites excluding steroid dienone is 1. The fourth-order valence-electron chi connectivity index (χ4n) is 5.43. The zero-order valence-corrected chi connectivity index (χ0v) is 28.6. The number of carbonyl (C=O) groups excluding carboxylic acids is 1. The van der Waals surface area contributed by atoms with Crippen molar-refractivity contribution in [3.05, 3.63) is 153 Å². The summed E-state index contributed by atoms with van der Waals surface area (Å²) in [5.74, 6) is 0.579. The SMILES string of the molecule is COc1ccc(C=c2sc3n(c2=O)[C@H](c2ccccc2)C(C(=O)Nc2ccccc2C)=C(C)N=3)cc1COc1c(Cl)cc(Cl)cc1Cl. The molecule has 5 aromatic rings. The van der Waals surface area contributed by atoms with Crippen molar-refractivity contribution in [3.8, 4) is 11.5 Å². The molecule has 1 aromatic heterocycles. The lowest BCUT2D eigenvalue weighted by Gasteiger charge is -2.25. The molecule has 4 aromatic carbocycles. The molecule has 0 unspecified atom stereocenters. The van der Waals surface area contributed by atoms with Crippen LogP contribution in [0.25, 0.3) is 6.08 Å². The summed E-state index contributed by atoms with van der Waals surface area (Å²) < 4.78 is 13.6. The highest BCUT2D eigenvalue weighted by Gasteiger charge is 2.32. The molecule has 0 aliphatic carbocycles. The molecule has 47 heavy (non-hydrogen) atoms. The molecule has 1 N–H and O–H groups in total. The Balaban J connectivity index is 1.39. The third-order valence-corrected chi connectivity index (χ3v) is 9.47. The molecule has 0 fully saturated rings. The third kappa shape index (κ3) is 6.73. The summed E-state index contributed by atoms with van der Waals surface area (Å²) in [6.45, 7) is 3.83. The lowest BCUT2D eigenvalue weighted by molar-refractivity contribution is -0.113. The number of hydrogen-bond acceptors (Lipinski definition) is 6. The van der Waals surface area contributed by atoms with Crippen molar-refractivity contribution < 1.29 is 14.3 Å². The maximum absolute atomic E-state index is 14.1. The molecule has 1 amide bonds. The van der Waals surface area contributed by atoms with Gasteiger partial charge < -0.3 is 14.8 Å². The molecule has 0 saturated heterocycles. The summed E-state index contributed by atoms with van der Waals surface area (Å²) in [6.07, 6.45) is 1.80. The molecule has 6 rings (SSSR count). The maximum atomic E-state index is 14.1. The first kappa shape index (κ1) is 32.6. The molecule has 0 spiro atoms. The van der Waals surface area contributed by atoms with Gasteiger partial charge in [0, 0.05) is 16.3 Å². The van der Waals surface area contributed by atoms with Gasteiger partial charge in [0.2, 0.25) is 0 Å². The van der Waals surface area contributed by atoms with Crippen molar-refractivity contribution in [3.63, 3.8) is 0 Å². The summed E-state index contributed by atoms with van der Waals surface area (Å²) in [5.41, 5.74) is 4.57. The van der Waals surface area contributed by atoms with Gasteiger partial charge in [-0.2, -0.15) is 0 Å². The second kappa shape index (κ2) is 13.8. The Morgan fingerprint density at radius 1 is 0.979 bits per heavy atom. The Labute approximate surface area is 290 Å². The van der Waals surface area contributed by atoms with Gasteiger partial charge in [-0.15, -0.1) is 0 Å². The minimum absolute atomic E-state index is 0.0970. The molecule has 11 heteroatoms. The number of fused-ring (bicyclic) bond motifs is 1. The van der Waals surface area contributed by atoms with Gasteiger partial charge in [0.15, 0.2) is 10.6 Å². The fraction of sp³-hybridized carbons (Fsp3) is 0.139. The first-order chi connectivity index (χ1) is 22.6. The van der Waals surface area contributed by atoms with Gasteiger partial charge in [0.05, 0.1) is 39.0 Å². The summed E-state index contributed by atoms with van der Waals surface area (Å²) in [5, 5.41) is 4.01. The van der Waals surface area contributed by atoms with Gasteiger partial charge in [-0.1, -0.05) is 101 Å². The third-order valence-electron chi connectivity index (χ3n) is 7.71. The number of halogens is 3. The molecule has 1 aliphatic rings. The molecular formula is C36H28Cl3N3O4S. The molecule has 0 bridgehead atoms. The number of ether oxygens (including phenoxy) is 2. The van der Waals surface area contributed by atoms with E-state index in [1.165, 1.54) is 11.3 Å². The highest BCUT2D eigenvalue weighted by atomic mass is 35.5. The van der Waals surface area contributed by atoms with E-state index in [0.717, 1.165) is 16.7 Å². The first-order valence-corrected chi connectivity index (χ1v) is 16.5. The van der Waals surface area contributed by atoms with Gasteiger partial charge in [-0.25, -0.2) is 4.99 Å². The number of hydrogen-bond donors (Lipinski definition) is 1.